The highest BCUT2D eigenvalue weighted by molar-refractivity contribution is 6.34. The van der Waals surface area contributed by atoms with Gasteiger partial charge in [-0.2, -0.15) is 4.80 Å². The van der Waals surface area contributed by atoms with Gasteiger partial charge in [-0.05, 0) is 11.3 Å². The van der Waals surface area contributed by atoms with Gasteiger partial charge in [0.1, 0.15) is 0 Å². The van der Waals surface area contributed by atoms with Gasteiger partial charge >= 0.3 is 0 Å². The van der Waals surface area contributed by atoms with Crippen LogP contribution in [0.2, 0.25) is 5.02 Å². The van der Waals surface area contributed by atoms with Crippen LogP contribution in [0.25, 0.3) is 0 Å². The number of nitro groups is 1. The molecule has 0 aliphatic heterocycles. The number of nitrogens with zero attached hydrogens (tertiary/aromatic N) is 5. The number of hydrogen-bond donors (Lipinski definition) is 1. The maximum atomic E-state index is 11.9. The molecule has 2 aromatic rings. The van der Waals surface area contributed by atoms with Crippen molar-refractivity contribution in [3.8, 4) is 0 Å². The fourth-order valence-corrected chi connectivity index (χ4v) is 1.51. The minimum Gasteiger partial charge on any atom is -0.288 e. The molecular formula is C9H7ClN6O3. The Morgan fingerprint density at radius 3 is 2.84 bits per heavy atom. The number of nitro benzene ring substituents is 1. The number of nitrogens with one attached hydrogen (secondary N) is 1. The molecule has 10 heteroatoms. The van der Waals surface area contributed by atoms with Gasteiger partial charge in [0.05, 0.1) is 22.6 Å². The van der Waals surface area contributed by atoms with Crippen LogP contribution in [-0.2, 0) is 7.05 Å². The number of benzene rings is 1. The first-order valence-corrected chi connectivity index (χ1v) is 5.34. The molecule has 0 atom stereocenters. The zero-order valence-electron chi connectivity index (χ0n) is 9.57. The lowest BCUT2D eigenvalue weighted by molar-refractivity contribution is -0.384. The summed E-state index contributed by atoms with van der Waals surface area (Å²) < 4.78 is 0. The molecule has 0 bridgehead atoms. The van der Waals surface area contributed by atoms with E-state index in [1.165, 1.54) is 19.2 Å². The van der Waals surface area contributed by atoms with Gasteiger partial charge in [0, 0.05) is 12.1 Å². The van der Waals surface area contributed by atoms with Gasteiger partial charge in [-0.15, -0.1) is 5.10 Å². The van der Waals surface area contributed by atoms with Crippen molar-refractivity contribution in [2.75, 3.05) is 5.32 Å². The topological polar surface area (TPSA) is 116 Å². The maximum Gasteiger partial charge on any atom is 0.270 e. The van der Waals surface area contributed by atoms with Crippen molar-refractivity contribution in [1.82, 2.24) is 20.2 Å². The molecule has 0 aliphatic carbocycles. The molecule has 1 heterocycles. The molecule has 0 aliphatic rings. The number of tetrazole rings is 1. The number of hydrogen-bond acceptors (Lipinski definition) is 6. The number of carbonyl (C=O) groups is 1. The molecule has 19 heavy (non-hydrogen) atoms. The van der Waals surface area contributed by atoms with E-state index in [0.717, 1.165) is 10.9 Å². The van der Waals surface area contributed by atoms with Crippen molar-refractivity contribution in [2.45, 2.75) is 0 Å². The molecule has 0 saturated carbocycles. The molecule has 0 fully saturated rings. The van der Waals surface area contributed by atoms with E-state index >= 15 is 0 Å². The summed E-state index contributed by atoms with van der Waals surface area (Å²) in [5.74, 6) is -0.670. The number of aromatic nitrogens is 4. The molecule has 1 aromatic carbocycles. The van der Waals surface area contributed by atoms with Gasteiger partial charge in [-0.25, -0.2) is 0 Å². The molecular weight excluding hydrogens is 276 g/mol. The second kappa shape index (κ2) is 4.98. The van der Waals surface area contributed by atoms with E-state index in [1.54, 1.807) is 0 Å². The van der Waals surface area contributed by atoms with Crippen molar-refractivity contribution < 1.29 is 9.72 Å². The normalized spacial score (nSPS) is 10.2. The van der Waals surface area contributed by atoms with Crippen LogP contribution in [0.4, 0.5) is 11.6 Å². The smallest absolute Gasteiger partial charge is 0.270 e. The number of amides is 1. The lowest BCUT2D eigenvalue weighted by atomic mass is 10.2. The standard InChI is InChI=1S/C9H7ClN6O3/c1-15-13-9(12-14-15)11-8(17)6-4-5(16(18)19)2-3-7(6)10/h2-4H,1H3,(H,11,13,17). The zero-order valence-corrected chi connectivity index (χ0v) is 10.3. The number of aryl methyl sites for hydroxylation is 1. The molecule has 9 nitrogen and oxygen atoms in total. The minimum absolute atomic E-state index is 0.0185. The van der Waals surface area contributed by atoms with Crippen LogP contribution >= 0.6 is 11.6 Å². The molecule has 1 N–H and O–H groups in total. The fourth-order valence-electron chi connectivity index (χ4n) is 1.30. The third-order valence-corrected chi connectivity index (χ3v) is 2.47. The number of rotatable bonds is 3. The predicted molar refractivity (Wildman–Crippen MR) is 64.9 cm³/mol. The van der Waals surface area contributed by atoms with Gasteiger partial charge in [0.2, 0.25) is 0 Å². The monoisotopic (exact) mass is 282 g/mol. The zero-order chi connectivity index (χ0) is 14.0. The van der Waals surface area contributed by atoms with Gasteiger partial charge in [-0.1, -0.05) is 16.7 Å². The summed E-state index contributed by atoms with van der Waals surface area (Å²) in [6.07, 6.45) is 0. The lowest BCUT2D eigenvalue weighted by Crippen LogP contribution is -2.14. The summed E-state index contributed by atoms with van der Waals surface area (Å²) in [5, 5.41) is 23.9. The van der Waals surface area contributed by atoms with E-state index in [-0.39, 0.29) is 22.2 Å². The molecule has 0 spiro atoms. The van der Waals surface area contributed by atoms with Crippen LogP contribution in [0.5, 0.6) is 0 Å². The van der Waals surface area contributed by atoms with Gasteiger partial charge < -0.3 is 0 Å². The van der Waals surface area contributed by atoms with E-state index in [1.807, 2.05) is 0 Å². The van der Waals surface area contributed by atoms with Crippen LogP contribution in [-0.4, -0.2) is 31.0 Å². The third-order valence-electron chi connectivity index (χ3n) is 2.14. The van der Waals surface area contributed by atoms with Crippen molar-refractivity contribution in [2.24, 2.45) is 7.05 Å². The molecule has 2 rings (SSSR count). The van der Waals surface area contributed by atoms with Crippen molar-refractivity contribution in [3.63, 3.8) is 0 Å². The summed E-state index contributed by atoms with van der Waals surface area (Å²) in [7, 11) is 1.53. The Morgan fingerprint density at radius 1 is 1.53 bits per heavy atom. The molecule has 0 saturated heterocycles. The summed E-state index contributed by atoms with van der Waals surface area (Å²) in [5.41, 5.74) is -0.273. The van der Waals surface area contributed by atoms with E-state index in [4.69, 9.17) is 11.6 Å². The second-order valence-corrected chi connectivity index (χ2v) is 3.89. The predicted octanol–water partition coefficient (Wildman–Crippen LogP) is 1.02. The second-order valence-electron chi connectivity index (χ2n) is 3.48. The lowest BCUT2D eigenvalue weighted by Gasteiger charge is -2.02. The largest absolute Gasteiger partial charge is 0.288 e. The quantitative estimate of drug-likeness (QED) is 0.664. The Hall–Kier alpha value is -2.55. The fraction of sp³-hybridized carbons (Fsp3) is 0.111. The molecule has 1 amide bonds. The number of non-ortho nitro benzene ring substituents is 1. The Kier molecular flexibility index (Phi) is 3.38. The van der Waals surface area contributed by atoms with E-state index in [0.29, 0.717) is 0 Å². The molecule has 98 valence electrons. The van der Waals surface area contributed by atoms with E-state index in [9.17, 15) is 14.9 Å². The Morgan fingerprint density at radius 2 is 2.26 bits per heavy atom. The average molecular weight is 283 g/mol. The van der Waals surface area contributed by atoms with Gasteiger partial charge in [0.15, 0.2) is 0 Å². The number of carbonyl (C=O) groups excluding carboxylic acids is 1. The average Bonchev–Trinajstić information content (AvgIpc) is 2.74. The first-order chi connectivity index (χ1) is 8.97. The first kappa shape index (κ1) is 12.9. The van der Waals surface area contributed by atoms with E-state index < -0.39 is 10.8 Å². The van der Waals surface area contributed by atoms with Crippen molar-refractivity contribution in [3.05, 3.63) is 38.9 Å². The van der Waals surface area contributed by atoms with Crippen LogP contribution < -0.4 is 5.32 Å². The summed E-state index contributed by atoms with van der Waals surface area (Å²) >= 11 is 5.82. The van der Waals surface area contributed by atoms with Crippen LogP contribution in [0.3, 0.4) is 0 Å². The number of halogens is 1. The summed E-state index contributed by atoms with van der Waals surface area (Å²) in [6.45, 7) is 0. The van der Waals surface area contributed by atoms with E-state index in [2.05, 4.69) is 20.7 Å². The molecule has 1 aromatic heterocycles. The number of anilines is 1. The van der Waals surface area contributed by atoms with Crippen LogP contribution in [0.1, 0.15) is 10.4 Å². The highest BCUT2D eigenvalue weighted by atomic mass is 35.5. The summed E-state index contributed by atoms with van der Waals surface area (Å²) in [4.78, 5) is 23.1. The van der Waals surface area contributed by atoms with Crippen molar-refractivity contribution in [1.29, 1.82) is 0 Å². The maximum absolute atomic E-state index is 11.9. The highest BCUT2D eigenvalue weighted by Crippen LogP contribution is 2.22. The third kappa shape index (κ3) is 2.83. The summed E-state index contributed by atoms with van der Waals surface area (Å²) in [6, 6.07) is 3.56. The van der Waals surface area contributed by atoms with Gasteiger partial charge in [0.25, 0.3) is 17.5 Å². The molecule has 0 radical (unpaired) electrons. The first-order valence-electron chi connectivity index (χ1n) is 4.96. The molecule has 0 unspecified atom stereocenters. The van der Waals surface area contributed by atoms with Crippen LogP contribution in [0.15, 0.2) is 18.2 Å². The Balaban J connectivity index is 2.27. The Bertz CT molecular complexity index is 655. The SMILES string of the molecule is Cn1nnc(NC(=O)c2cc([N+](=O)[O-])ccc2Cl)n1. The van der Waals surface area contributed by atoms with Crippen molar-refractivity contribution >= 4 is 29.1 Å². The minimum atomic E-state index is -0.651. The van der Waals surface area contributed by atoms with Gasteiger partial charge in [-0.3, -0.25) is 20.2 Å². The van der Waals surface area contributed by atoms with Crippen LogP contribution in [0, 0.1) is 10.1 Å². The Labute approximate surface area is 111 Å². The highest BCUT2D eigenvalue weighted by Gasteiger charge is 2.17.